The zero-order valence-corrected chi connectivity index (χ0v) is 13.6. The summed E-state index contributed by atoms with van der Waals surface area (Å²) in [5.74, 6) is 0. The number of hydrogen-bond acceptors (Lipinski definition) is 3. The summed E-state index contributed by atoms with van der Waals surface area (Å²) in [7, 11) is -2.03. The van der Waals surface area contributed by atoms with E-state index < -0.39 is 15.3 Å². The summed E-state index contributed by atoms with van der Waals surface area (Å²) in [5, 5.41) is -0.475. The lowest BCUT2D eigenvalue weighted by Crippen LogP contribution is -2.26. The Balaban J connectivity index is 2.17. The minimum atomic E-state index is -3.57. The van der Waals surface area contributed by atoms with Crippen molar-refractivity contribution in [1.82, 2.24) is 4.31 Å². The van der Waals surface area contributed by atoms with Gasteiger partial charge < -0.3 is 0 Å². The highest BCUT2D eigenvalue weighted by molar-refractivity contribution is 7.89. The van der Waals surface area contributed by atoms with Crippen LogP contribution in [-0.4, -0.2) is 25.0 Å². The molecule has 6 heteroatoms. The van der Waals surface area contributed by atoms with Crippen LogP contribution in [0.3, 0.4) is 0 Å². The Kier molecular flexibility index (Phi) is 5.34. The van der Waals surface area contributed by atoms with E-state index in [4.69, 9.17) is 11.6 Å². The average molecular weight is 338 g/mol. The zero-order valence-electron chi connectivity index (χ0n) is 12.1. The van der Waals surface area contributed by atoms with E-state index in [-0.39, 0.29) is 11.3 Å². The molecule has 2 rings (SSSR count). The minimum absolute atomic E-state index is 0.0851. The summed E-state index contributed by atoms with van der Waals surface area (Å²) in [6, 6.07) is 15.6. The van der Waals surface area contributed by atoms with Crippen molar-refractivity contribution in [3.05, 3.63) is 65.7 Å². The van der Waals surface area contributed by atoms with E-state index in [1.165, 1.54) is 16.4 Å². The number of halogens is 1. The zero-order chi connectivity index (χ0) is 16.2. The van der Waals surface area contributed by atoms with Gasteiger partial charge in [0.15, 0.2) is 0 Å². The fourth-order valence-electron chi connectivity index (χ4n) is 2.05. The van der Waals surface area contributed by atoms with Crippen LogP contribution in [0.5, 0.6) is 0 Å². The normalized spacial score (nSPS) is 11.6. The maximum atomic E-state index is 12.5. The molecule has 2 aromatic carbocycles. The van der Waals surface area contributed by atoms with Crippen LogP contribution < -0.4 is 0 Å². The van der Waals surface area contributed by atoms with Crippen LogP contribution in [0.2, 0.25) is 0 Å². The molecule has 0 aliphatic rings. The Morgan fingerprint density at radius 3 is 2.14 bits per heavy atom. The molecule has 0 radical (unpaired) electrons. The molecule has 4 nitrogen and oxygen atoms in total. The summed E-state index contributed by atoms with van der Waals surface area (Å²) in [6.45, 7) is 0.297. The van der Waals surface area contributed by atoms with E-state index in [0.717, 1.165) is 5.56 Å². The second-order valence-electron chi connectivity index (χ2n) is 4.92. The van der Waals surface area contributed by atoms with Gasteiger partial charge in [0.1, 0.15) is 0 Å². The molecular formula is C16H16ClNO3S. The number of rotatable bonds is 6. The van der Waals surface area contributed by atoms with Gasteiger partial charge in [-0.25, -0.2) is 8.42 Å². The van der Waals surface area contributed by atoms with Crippen LogP contribution in [0.15, 0.2) is 59.5 Å². The maximum absolute atomic E-state index is 12.5. The smallest absolute Gasteiger partial charge is 0.243 e. The van der Waals surface area contributed by atoms with Crippen molar-refractivity contribution in [1.29, 1.82) is 0 Å². The number of benzene rings is 2. The standard InChI is InChI=1S/C16H16ClNO3S/c1-18(12-14-5-3-2-4-6-14)22(20,21)15-9-7-13(8-10-15)11-16(17)19/h2-10H,11-12H2,1H3. The summed E-state index contributed by atoms with van der Waals surface area (Å²) >= 11 is 5.32. The molecule has 0 fully saturated rings. The van der Waals surface area contributed by atoms with Crippen molar-refractivity contribution in [3.63, 3.8) is 0 Å². The highest BCUT2D eigenvalue weighted by atomic mass is 35.5. The predicted molar refractivity (Wildman–Crippen MR) is 86.1 cm³/mol. The second-order valence-corrected chi connectivity index (χ2v) is 7.39. The van der Waals surface area contributed by atoms with E-state index in [0.29, 0.717) is 12.1 Å². The SMILES string of the molecule is CN(Cc1ccccc1)S(=O)(=O)c1ccc(CC(=O)Cl)cc1. The molecule has 0 atom stereocenters. The number of carbonyl (C=O) groups is 1. The van der Waals surface area contributed by atoms with Crippen molar-refractivity contribution in [2.45, 2.75) is 17.9 Å². The van der Waals surface area contributed by atoms with Gasteiger partial charge in [-0.1, -0.05) is 42.5 Å². The molecule has 116 valence electrons. The molecule has 0 saturated heterocycles. The molecule has 0 N–H and O–H groups in total. The Labute approximate surface area is 135 Å². The Morgan fingerprint density at radius 2 is 1.59 bits per heavy atom. The third-order valence-corrected chi connectivity index (χ3v) is 5.17. The van der Waals surface area contributed by atoms with Crippen molar-refractivity contribution in [3.8, 4) is 0 Å². The number of hydrogen-bond donors (Lipinski definition) is 0. The average Bonchev–Trinajstić information content (AvgIpc) is 2.48. The summed E-state index contributed by atoms with van der Waals surface area (Å²) < 4.78 is 26.3. The van der Waals surface area contributed by atoms with Crippen LogP contribution in [0, 0.1) is 0 Å². The molecule has 0 amide bonds. The van der Waals surface area contributed by atoms with Gasteiger partial charge in [0.2, 0.25) is 15.3 Å². The van der Waals surface area contributed by atoms with Gasteiger partial charge in [-0.2, -0.15) is 4.31 Å². The van der Waals surface area contributed by atoms with E-state index in [9.17, 15) is 13.2 Å². The first-order chi connectivity index (χ1) is 10.4. The first kappa shape index (κ1) is 16.7. The maximum Gasteiger partial charge on any atom is 0.243 e. The first-order valence-corrected chi connectivity index (χ1v) is 8.49. The number of carbonyl (C=O) groups excluding carboxylic acids is 1. The molecule has 0 heterocycles. The van der Waals surface area contributed by atoms with Crippen LogP contribution in [0.1, 0.15) is 11.1 Å². The molecule has 22 heavy (non-hydrogen) atoms. The third-order valence-electron chi connectivity index (χ3n) is 3.22. The van der Waals surface area contributed by atoms with E-state index in [2.05, 4.69) is 0 Å². The van der Waals surface area contributed by atoms with Crippen molar-refractivity contribution in [2.24, 2.45) is 0 Å². The number of nitrogens with zero attached hydrogens (tertiary/aromatic N) is 1. The first-order valence-electron chi connectivity index (χ1n) is 6.67. The monoisotopic (exact) mass is 337 g/mol. The minimum Gasteiger partial charge on any atom is -0.281 e. The van der Waals surface area contributed by atoms with E-state index >= 15 is 0 Å². The fourth-order valence-corrected chi connectivity index (χ4v) is 3.36. The Hall–Kier alpha value is -1.69. The van der Waals surface area contributed by atoms with Crippen molar-refractivity contribution < 1.29 is 13.2 Å². The Bertz CT molecular complexity index is 743. The van der Waals surface area contributed by atoms with Crippen LogP contribution >= 0.6 is 11.6 Å². The molecule has 0 aliphatic carbocycles. The molecule has 2 aromatic rings. The van der Waals surface area contributed by atoms with Gasteiger partial charge in [0.25, 0.3) is 0 Å². The lowest BCUT2D eigenvalue weighted by Gasteiger charge is -2.17. The lowest BCUT2D eigenvalue weighted by atomic mass is 10.2. The highest BCUT2D eigenvalue weighted by Crippen LogP contribution is 2.18. The van der Waals surface area contributed by atoms with Crippen LogP contribution in [0.4, 0.5) is 0 Å². The van der Waals surface area contributed by atoms with Gasteiger partial charge in [-0.3, -0.25) is 4.79 Å². The molecular weight excluding hydrogens is 322 g/mol. The Morgan fingerprint density at radius 1 is 1.00 bits per heavy atom. The molecule has 0 aromatic heterocycles. The third kappa shape index (κ3) is 4.16. The van der Waals surface area contributed by atoms with Gasteiger partial charge in [-0.05, 0) is 34.9 Å². The summed E-state index contributed by atoms with van der Waals surface area (Å²) in [5.41, 5.74) is 1.60. The largest absolute Gasteiger partial charge is 0.281 e. The van der Waals surface area contributed by atoms with Crippen LogP contribution in [-0.2, 0) is 27.8 Å². The molecule has 0 unspecified atom stereocenters. The highest BCUT2D eigenvalue weighted by Gasteiger charge is 2.20. The van der Waals surface area contributed by atoms with Gasteiger partial charge in [-0.15, -0.1) is 0 Å². The van der Waals surface area contributed by atoms with E-state index in [1.807, 2.05) is 30.3 Å². The quantitative estimate of drug-likeness (QED) is 0.762. The van der Waals surface area contributed by atoms with Crippen LogP contribution in [0.25, 0.3) is 0 Å². The topological polar surface area (TPSA) is 54.5 Å². The molecule has 0 saturated carbocycles. The van der Waals surface area contributed by atoms with Crippen molar-refractivity contribution in [2.75, 3.05) is 7.05 Å². The van der Waals surface area contributed by atoms with Crippen molar-refractivity contribution >= 4 is 26.9 Å². The summed E-state index contributed by atoms with van der Waals surface area (Å²) in [6.07, 6.45) is 0.0851. The lowest BCUT2D eigenvalue weighted by molar-refractivity contribution is -0.111. The predicted octanol–water partition coefficient (Wildman–Crippen LogP) is 2.82. The van der Waals surface area contributed by atoms with E-state index in [1.54, 1.807) is 19.2 Å². The molecule has 0 spiro atoms. The van der Waals surface area contributed by atoms with Gasteiger partial charge in [0, 0.05) is 20.0 Å². The van der Waals surface area contributed by atoms with Gasteiger partial charge in [0.05, 0.1) is 4.90 Å². The molecule has 0 bridgehead atoms. The fraction of sp³-hybridized carbons (Fsp3) is 0.188. The summed E-state index contributed by atoms with van der Waals surface area (Å²) in [4.78, 5) is 11.0. The number of sulfonamides is 1. The molecule has 0 aliphatic heterocycles. The van der Waals surface area contributed by atoms with Gasteiger partial charge >= 0.3 is 0 Å². The second kappa shape index (κ2) is 7.05.